The third kappa shape index (κ3) is 9.92. The van der Waals surface area contributed by atoms with Crippen molar-refractivity contribution in [2.45, 2.75) is 74.4 Å². The maximum absolute atomic E-state index is 12.8. The topological polar surface area (TPSA) is 136 Å². The fourth-order valence-corrected chi connectivity index (χ4v) is 7.95. The molecule has 0 radical (unpaired) electrons. The van der Waals surface area contributed by atoms with E-state index in [0.29, 0.717) is 42.1 Å². The lowest BCUT2D eigenvalue weighted by Crippen LogP contribution is -2.31. The quantitative estimate of drug-likeness (QED) is 0.0482. The lowest BCUT2D eigenvalue weighted by molar-refractivity contribution is -0.245. The van der Waals surface area contributed by atoms with Gasteiger partial charge in [-0.1, -0.05) is 85.3 Å². The van der Waals surface area contributed by atoms with Crippen molar-refractivity contribution in [2.75, 3.05) is 22.1 Å². The zero-order chi connectivity index (χ0) is 34.7. The van der Waals surface area contributed by atoms with Crippen LogP contribution in [0.3, 0.4) is 0 Å². The van der Waals surface area contributed by atoms with Gasteiger partial charge in [0.2, 0.25) is 11.8 Å². The molecule has 3 atom stereocenters. The van der Waals surface area contributed by atoms with Crippen LogP contribution >= 0.6 is 23.1 Å². The molecule has 11 heteroatoms. The first kappa shape index (κ1) is 35.6. The normalized spacial score (nSPS) is 17.4. The first-order valence-electron chi connectivity index (χ1n) is 17.0. The molecule has 4 aromatic carbocycles. The van der Waals surface area contributed by atoms with E-state index < -0.39 is 6.29 Å². The van der Waals surface area contributed by atoms with Crippen molar-refractivity contribution in [2.24, 2.45) is 0 Å². The minimum absolute atomic E-state index is 0.0122. The summed E-state index contributed by atoms with van der Waals surface area (Å²) in [6, 6.07) is 30.8. The second-order valence-electron chi connectivity index (χ2n) is 12.3. The van der Waals surface area contributed by atoms with Gasteiger partial charge in [-0.15, -0.1) is 11.3 Å². The van der Waals surface area contributed by atoms with Crippen LogP contribution in [0.15, 0.2) is 101 Å². The minimum atomic E-state index is -0.625. The van der Waals surface area contributed by atoms with E-state index in [1.54, 1.807) is 35.2 Å². The number of anilines is 3. The van der Waals surface area contributed by atoms with Crippen molar-refractivity contribution in [1.82, 2.24) is 4.98 Å². The van der Waals surface area contributed by atoms with E-state index in [4.69, 9.17) is 20.2 Å². The predicted octanol–water partition coefficient (Wildman–Crippen LogP) is 8.63. The van der Waals surface area contributed by atoms with Gasteiger partial charge in [-0.3, -0.25) is 9.59 Å². The van der Waals surface area contributed by atoms with Crippen LogP contribution in [0, 0.1) is 0 Å². The predicted molar refractivity (Wildman–Crippen MR) is 201 cm³/mol. The Kier molecular flexibility index (Phi) is 12.5. The van der Waals surface area contributed by atoms with Crippen molar-refractivity contribution >= 4 is 62.2 Å². The van der Waals surface area contributed by atoms with Crippen LogP contribution in [-0.4, -0.2) is 33.8 Å². The molecular weight excluding hydrogens is 669 g/mol. The number of nitrogens with zero attached hydrogens (tertiary/aromatic N) is 1. The Labute approximate surface area is 300 Å². The fourth-order valence-electron chi connectivity index (χ4n) is 5.83. The number of para-hydroxylation sites is 3. The molecule has 50 heavy (non-hydrogen) atoms. The Hall–Kier alpha value is -4.26. The van der Waals surface area contributed by atoms with Crippen LogP contribution in [0.25, 0.3) is 10.2 Å². The second-order valence-corrected chi connectivity index (χ2v) is 14.6. The molecule has 3 unspecified atom stereocenters. The van der Waals surface area contributed by atoms with Crippen molar-refractivity contribution in [1.29, 1.82) is 0 Å². The lowest BCUT2D eigenvalue weighted by atomic mass is 10.0. The van der Waals surface area contributed by atoms with Gasteiger partial charge in [0.25, 0.3) is 0 Å². The molecule has 1 aliphatic rings. The maximum Gasteiger partial charge on any atom is 0.224 e. The van der Waals surface area contributed by atoms with E-state index in [2.05, 4.69) is 16.7 Å². The zero-order valence-corrected chi connectivity index (χ0v) is 29.4. The molecule has 1 aromatic heterocycles. The Morgan fingerprint density at radius 2 is 1.58 bits per heavy atom. The third-order valence-electron chi connectivity index (χ3n) is 8.52. The van der Waals surface area contributed by atoms with Crippen molar-refractivity contribution < 1.29 is 24.2 Å². The van der Waals surface area contributed by atoms with Crippen molar-refractivity contribution in [3.8, 4) is 0 Å². The number of hydrogen-bond donors (Lipinski definition) is 4. The number of carbonyl (C=O) groups is 2. The number of nitrogens with one attached hydrogen (secondary N) is 2. The summed E-state index contributed by atoms with van der Waals surface area (Å²) in [5, 5.41) is 15.4. The molecular formula is C39H42N4O5S2. The van der Waals surface area contributed by atoms with E-state index in [9.17, 15) is 14.7 Å². The highest BCUT2D eigenvalue weighted by Gasteiger charge is 2.32. The summed E-state index contributed by atoms with van der Waals surface area (Å²) in [7, 11) is 0. The molecule has 2 amide bonds. The summed E-state index contributed by atoms with van der Waals surface area (Å²) in [6.07, 6.45) is 3.75. The number of aliphatic hydroxyl groups excluding tert-OH is 1. The van der Waals surface area contributed by atoms with Crippen LogP contribution in [0.2, 0.25) is 0 Å². The van der Waals surface area contributed by atoms with Crippen molar-refractivity contribution in [3.63, 3.8) is 0 Å². The Bertz CT molecular complexity index is 1850. The van der Waals surface area contributed by atoms with Crippen molar-refractivity contribution in [3.05, 3.63) is 114 Å². The highest BCUT2D eigenvalue weighted by atomic mass is 32.2. The molecule has 9 nitrogen and oxygen atoms in total. The van der Waals surface area contributed by atoms with E-state index in [1.807, 2.05) is 78.9 Å². The number of rotatable bonds is 15. The molecule has 260 valence electrons. The summed E-state index contributed by atoms with van der Waals surface area (Å²) in [6.45, 7) is -0.0122. The molecule has 1 fully saturated rings. The lowest BCUT2D eigenvalue weighted by Gasteiger charge is -2.36. The first-order chi connectivity index (χ1) is 24.4. The number of unbranched alkanes of at least 4 members (excludes halogenated alkanes) is 3. The monoisotopic (exact) mass is 710 g/mol. The number of aliphatic hydroxyl groups is 1. The highest BCUT2D eigenvalue weighted by Crippen LogP contribution is 2.40. The maximum atomic E-state index is 12.8. The average molecular weight is 711 g/mol. The summed E-state index contributed by atoms with van der Waals surface area (Å²) in [5.41, 5.74) is 11.5. The van der Waals surface area contributed by atoms with Gasteiger partial charge in [0.1, 0.15) is 0 Å². The van der Waals surface area contributed by atoms with Gasteiger partial charge in [0.15, 0.2) is 10.6 Å². The largest absolute Gasteiger partial charge is 0.397 e. The summed E-state index contributed by atoms with van der Waals surface area (Å²) < 4.78 is 15.2. The number of thioether (sulfide) groups is 1. The van der Waals surface area contributed by atoms with E-state index in [1.165, 1.54) is 0 Å². The Balaban J connectivity index is 1.01. The summed E-state index contributed by atoms with van der Waals surface area (Å²) in [5.74, 6) is 0.598. The number of aromatic nitrogens is 1. The number of thiazole rings is 1. The molecule has 0 bridgehead atoms. The van der Waals surface area contributed by atoms with E-state index in [-0.39, 0.29) is 30.6 Å². The molecule has 6 rings (SSSR count). The number of amides is 2. The summed E-state index contributed by atoms with van der Waals surface area (Å²) in [4.78, 5) is 29.9. The zero-order valence-electron chi connectivity index (χ0n) is 27.8. The molecule has 1 saturated heterocycles. The van der Waals surface area contributed by atoms with E-state index >= 15 is 0 Å². The smallest absolute Gasteiger partial charge is 0.224 e. The molecule has 1 aliphatic heterocycles. The minimum Gasteiger partial charge on any atom is -0.397 e. The van der Waals surface area contributed by atoms with Gasteiger partial charge >= 0.3 is 0 Å². The molecule has 0 saturated carbocycles. The highest BCUT2D eigenvalue weighted by molar-refractivity contribution is 8.01. The number of fused-ring (bicyclic) bond motifs is 1. The van der Waals surface area contributed by atoms with Gasteiger partial charge in [0.05, 0.1) is 40.4 Å². The second kappa shape index (κ2) is 17.6. The number of ether oxygens (including phenoxy) is 2. The Morgan fingerprint density at radius 1 is 0.840 bits per heavy atom. The van der Waals surface area contributed by atoms with Crippen LogP contribution in [0.4, 0.5) is 17.1 Å². The van der Waals surface area contributed by atoms with Gasteiger partial charge in [-0.05, 0) is 60.4 Å². The van der Waals surface area contributed by atoms with Gasteiger partial charge in [-0.25, -0.2) is 4.98 Å². The number of benzene rings is 4. The number of nitrogens with two attached hydrogens (primary N) is 1. The van der Waals surface area contributed by atoms with Gasteiger partial charge < -0.3 is 30.9 Å². The number of carbonyl (C=O) groups excluding carboxylic acids is 2. The molecule has 0 spiro atoms. The number of nitrogen functional groups attached to an aromatic ring is 1. The van der Waals surface area contributed by atoms with Crippen LogP contribution < -0.4 is 16.4 Å². The van der Waals surface area contributed by atoms with Crippen LogP contribution in [0.5, 0.6) is 0 Å². The fraction of sp³-hybridized carbons (Fsp3) is 0.308. The van der Waals surface area contributed by atoms with Crippen LogP contribution in [-0.2, 0) is 25.7 Å². The molecule has 5 N–H and O–H groups in total. The molecule has 2 heterocycles. The summed E-state index contributed by atoms with van der Waals surface area (Å²) >= 11 is 3.38. The first-order valence-corrected chi connectivity index (χ1v) is 18.8. The Morgan fingerprint density at radius 3 is 2.34 bits per heavy atom. The SMILES string of the molecule is Nc1ccccc1NC(=O)CCCCCCC(=O)Nc1cccc(C2OC(CSc3nc4ccccc4s3)CC(c3ccc(CO)cc3)O2)c1. The number of hydrogen-bond acceptors (Lipinski definition) is 9. The molecule has 0 aliphatic carbocycles. The van der Waals surface area contributed by atoms with E-state index in [0.717, 1.165) is 56.9 Å². The molecule has 5 aromatic rings. The van der Waals surface area contributed by atoms with Gasteiger partial charge in [-0.2, -0.15) is 0 Å². The standard InChI is InChI=1S/C39H42N4O5S2/c40-31-12-5-6-13-32(31)42-37(46)17-4-2-1-3-16-36(45)41-29-11-9-10-28(22-29)38-47-30(23-34(48-38)27-20-18-26(24-44)19-21-27)25-49-39-43-33-14-7-8-15-35(33)50-39/h5-15,18-22,30,34,38,44H,1-4,16-17,23-25,40H2,(H,41,45)(H,42,46). The van der Waals surface area contributed by atoms with Gasteiger partial charge in [0, 0.05) is 36.3 Å². The van der Waals surface area contributed by atoms with Crippen LogP contribution in [0.1, 0.15) is 74.0 Å². The average Bonchev–Trinajstić information content (AvgIpc) is 3.56. The third-order valence-corrected chi connectivity index (χ3v) is 10.8.